The number of hydrogen-bond acceptors (Lipinski definition) is 5. The molecule has 10 heteroatoms. The largest absolute Gasteiger partial charge is 0.336 e. The molecule has 5 aromatic rings. The van der Waals surface area contributed by atoms with Crippen LogP contribution in [-0.4, -0.2) is 46.8 Å². The second-order valence-corrected chi connectivity index (χ2v) is 9.25. The summed E-state index contributed by atoms with van der Waals surface area (Å²) in [7, 11) is 3.61. The summed E-state index contributed by atoms with van der Waals surface area (Å²) >= 11 is 1.47. The van der Waals surface area contributed by atoms with E-state index in [-0.39, 0.29) is 11.7 Å². The van der Waals surface area contributed by atoms with E-state index in [9.17, 15) is 9.18 Å². The fraction of sp³-hybridized carbons (Fsp3) is 0.200. The van der Waals surface area contributed by atoms with Crippen molar-refractivity contribution in [2.75, 3.05) is 7.05 Å². The number of amides is 1. The number of halogens is 1. The van der Waals surface area contributed by atoms with Crippen LogP contribution in [0.2, 0.25) is 0 Å². The first-order valence-corrected chi connectivity index (χ1v) is 12.0. The Morgan fingerprint density at radius 1 is 1.14 bits per heavy atom. The molecule has 8 nitrogen and oxygen atoms in total. The van der Waals surface area contributed by atoms with E-state index in [0.717, 1.165) is 22.5 Å². The molecule has 0 bridgehead atoms. The Morgan fingerprint density at radius 2 is 1.94 bits per heavy atom. The van der Waals surface area contributed by atoms with Gasteiger partial charge in [-0.15, -0.1) is 0 Å². The number of aromatic nitrogens is 6. The van der Waals surface area contributed by atoms with Gasteiger partial charge in [0.2, 0.25) is 0 Å². The summed E-state index contributed by atoms with van der Waals surface area (Å²) in [6.45, 7) is 2.33. The number of imidazole rings is 1. The highest BCUT2D eigenvalue weighted by Gasteiger charge is 2.22. The minimum Gasteiger partial charge on any atom is -0.336 e. The molecular formula is C25H24FN7OS. The van der Waals surface area contributed by atoms with Gasteiger partial charge in [-0.1, -0.05) is 17.8 Å². The van der Waals surface area contributed by atoms with Crippen molar-refractivity contribution in [1.82, 2.24) is 33.8 Å². The van der Waals surface area contributed by atoms with Gasteiger partial charge >= 0.3 is 0 Å². The van der Waals surface area contributed by atoms with Gasteiger partial charge in [-0.05, 0) is 49.4 Å². The minimum atomic E-state index is -0.343. The van der Waals surface area contributed by atoms with Crippen LogP contribution in [0.4, 0.5) is 4.39 Å². The first-order valence-electron chi connectivity index (χ1n) is 11.0. The maximum Gasteiger partial charge on any atom is 0.272 e. The van der Waals surface area contributed by atoms with E-state index in [1.54, 1.807) is 39.5 Å². The van der Waals surface area contributed by atoms with Gasteiger partial charge in [-0.3, -0.25) is 14.0 Å². The molecule has 0 saturated heterocycles. The van der Waals surface area contributed by atoms with Crippen LogP contribution in [0, 0.1) is 12.7 Å². The van der Waals surface area contributed by atoms with E-state index in [1.807, 2.05) is 55.1 Å². The number of pyridine rings is 1. The third-order valence-electron chi connectivity index (χ3n) is 5.67. The van der Waals surface area contributed by atoms with Crippen molar-refractivity contribution in [3.05, 3.63) is 95.6 Å². The number of nitrogens with zero attached hydrogens (tertiary/aromatic N) is 7. The first-order chi connectivity index (χ1) is 16.9. The number of carbonyl (C=O) groups is 1. The molecule has 0 unspecified atom stereocenters. The molecule has 1 amide bonds. The SMILES string of the molecule is Cc1nn(C)cc1CN(C)C(=O)c1cnc(SCc2cc3ccccn3n2)n1-c1ccc(F)cc1. The summed E-state index contributed by atoms with van der Waals surface area (Å²) in [4.78, 5) is 19.7. The maximum atomic E-state index is 13.6. The highest BCUT2D eigenvalue weighted by atomic mass is 32.2. The van der Waals surface area contributed by atoms with Crippen LogP contribution in [0.1, 0.15) is 27.4 Å². The zero-order valence-electron chi connectivity index (χ0n) is 19.6. The Hall–Kier alpha value is -3.92. The summed E-state index contributed by atoms with van der Waals surface area (Å²) in [6, 6.07) is 14.0. The summed E-state index contributed by atoms with van der Waals surface area (Å²) in [5.74, 6) is 0.0348. The lowest BCUT2D eigenvalue weighted by molar-refractivity contribution is 0.0776. The number of hydrogen-bond donors (Lipinski definition) is 0. The Morgan fingerprint density at radius 3 is 2.66 bits per heavy atom. The molecule has 5 rings (SSSR count). The van der Waals surface area contributed by atoms with Crippen molar-refractivity contribution in [2.45, 2.75) is 24.4 Å². The predicted octanol–water partition coefficient (Wildman–Crippen LogP) is 4.27. The van der Waals surface area contributed by atoms with Gasteiger partial charge in [-0.2, -0.15) is 10.2 Å². The van der Waals surface area contributed by atoms with Crippen molar-refractivity contribution >= 4 is 23.2 Å². The summed E-state index contributed by atoms with van der Waals surface area (Å²) < 4.78 is 19.0. The van der Waals surface area contributed by atoms with Crippen molar-refractivity contribution in [1.29, 1.82) is 0 Å². The second kappa shape index (κ2) is 9.38. The lowest BCUT2D eigenvalue weighted by atomic mass is 10.2. The molecule has 4 heterocycles. The molecule has 0 atom stereocenters. The van der Waals surface area contributed by atoms with Crippen molar-refractivity contribution in [3.8, 4) is 5.69 Å². The number of aryl methyl sites for hydroxylation is 2. The summed E-state index contributed by atoms with van der Waals surface area (Å²) in [5, 5.41) is 9.58. The van der Waals surface area contributed by atoms with Crippen LogP contribution in [0.15, 0.2) is 72.3 Å². The summed E-state index contributed by atoms with van der Waals surface area (Å²) in [5.41, 5.74) is 4.81. The number of thioether (sulfide) groups is 1. The van der Waals surface area contributed by atoms with Crippen LogP contribution in [0.3, 0.4) is 0 Å². The van der Waals surface area contributed by atoms with Crippen molar-refractivity contribution in [2.24, 2.45) is 7.05 Å². The van der Waals surface area contributed by atoms with Gasteiger partial charge in [0.25, 0.3) is 5.91 Å². The standard InChI is InChI=1S/C25H24FN7OS/c1-17-18(15-31(3)28-17)14-30(2)24(34)23-13-27-25(33(23)21-9-7-19(26)8-10-21)35-16-20-12-22-6-4-5-11-32(22)29-20/h4-13,15H,14,16H2,1-3H3. The minimum absolute atomic E-state index is 0.190. The molecule has 0 aliphatic rings. The molecule has 0 radical (unpaired) electrons. The summed E-state index contributed by atoms with van der Waals surface area (Å²) in [6.07, 6.45) is 5.39. The number of carbonyl (C=O) groups excluding carboxylic acids is 1. The van der Waals surface area contributed by atoms with Crippen LogP contribution in [0.25, 0.3) is 11.2 Å². The molecule has 1 aromatic carbocycles. The fourth-order valence-corrected chi connectivity index (χ4v) is 4.83. The first kappa shape index (κ1) is 22.9. The molecule has 0 fully saturated rings. The number of fused-ring (bicyclic) bond motifs is 1. The lowest BCUT2D eigenvalue weighted by Crippen LogP contribution is -2.28. The van der Waals surface area contributed by atoms with Gasteiger partial charge in [0.05, 0.1) is 23.1 Å². The Labute approximate surface area is 206 Å². The van der Waals surface area contributed by atoms with E-state index < -0.39 is 0 Å². The van der Waals surface area contributed by atoms with E-state index in [1.165, 1.54) is 23.9 Å². The van der Waals surface area contributed by atoms with Crippen LogP contribution in [-0.2, 0) is 19.3 Å². The van der Waals surface area contributed by atoms with Crippen LogP contribution < -0.4 is 0 Å². The highest BCUT2D eigenvalue weighted by Crippen LogP contribution is 2.27. The zero-order valence-corrected chi connectivity index (χ0v) is 20.4. The van der Waals surface area contributed by atoms with Gasteiger partial charge in [0.1, 0.15) is 11.5 Å². The number of benzene rings is 1. The maximum absolute atomic E-state index is 13.6. The Balaban J connectivity index is 1.44. The van der Waals surface area contributed by atoms with E-state index in [4.69, 9.17) is 0 Å². The molecule has 0 N–H and O–H groups in total. The normalized spacial score (nSPS) is 11.3. The quantitative estimate of drug-likeness (QED) is 0.319. The zero-order chi connectivity index (χ0) is 24.5. The topological polar surface area (TPSA) is 73.2 Å². The highest BCUT2D eigenvalue weighted by molar-refractivity contribution is 7.98. The third kappa shape index (κ3) is 4.69. The van der Waals surface area contributed by atoms with Crippen LogP contribution >= 0.6 is 11.8 Å². The molecule has 0 aliphatic carbocycles. The average Bonchev–Trinajstić information content (AvgIpc) is 3.54. The molecule has 0 aliphatic heterocycles. The molecule has 35 heavy (non-hydrogen) atoms. The number of rotatable bonds is 7. The second-order valence-electron chi connectivity index (χ2n) is 8.31. The van der Waals surface area contributed by atoms with Crippen molar-refractivity contribution in [3.63, 3.8) is 0 Å². The smallest absolute Gasteiger partial charge is 0.272 e. The molecule has 0 spiro atoms. The third-order valence-corrected chi connectivity index (χ3v) is 6.66. The molecule has 0 saturated carbocycles. The fourth-order valence-electron chi connectivity index (χ4n) is 3.95. The van der Waals surface area contributed by atoms with E-state index >= 15 is 0 Å². The predicted molar refractivity (Wildman–Crippen MR) is 132 cm³/mol. The van der Waals surface area contributed by atoms with E-state index in [2.05, 4.69) is 15.2 Å². The Kier molecular flexibility index (Phi) is 6.12. The van der Waals surface area contributed by atoms with E-state index in [0.29, 0.717) is 28.8 Å². The van der Waals surface area contributed by atoms with Gasteiger partial charge < -0.3 is 4.90 Å². The van der Waals surface area contributed by atoms with Crippen molar-refractivity contribution < 1.29 is 9.18 Å². The average molecular weight is 490 g/mol. The van der Waals surface area contributed by atoms with Gasteiger partial charge in [-0.25, -0.2) is 13.9 Å². The Bertz CT molecular complexity index is 1470. The van der Waals surface area contributed by atoms with Gasteiger partial charge in [0, 0.05) is 50.0 Å². The monoisotopic (exact) mass is 489 g/mol. The molecule has 178 valence electrons. The molecule has 4 aromatic heterocycles. The molecular weight excluding hydrogens is 465 g/mol. The van der Waals surface area contributed by atoms with Crippen LogP contribution in [0.5, 0.6) is 0 Å². The lowest BCUT2D eigenvalue weighted by Gasteiger charge is -2.18. The van der Waals surface area contributed by atoms with Gasteiger partial charge in [0.15, 0.2) is 5.16 Å².